The van der Waals surface area contributed by atoms with E-state index in [1.54, 1.807) is 4.90 Å². The Balaban J connectivity index is 1.96. The van der Waals surface area contributed by atoms with Crippen LogP contribution in [0.1, 0.15) is 19.8 Å². The molecule has 0 radical (unpaired) electrons. The van der Waals surface area contributed by atoms with Crippen LogP contribution in [0.3, 0.4) is 0 Å². The predicted octanol–water partition coefficient (Wildman–Crippen LogP) is 1.02. The predicted molar refractivity (Wildman–Crippen MR) is 71.8 cm³/mol. The second-order valence-corrected chi connectivity index (χ2v) is 5.03. The highest BCUT2D eigenvalue weighted by molar-refractivity contribution is 5.76. The third-order valence-corrected chi connectivity index (χ3v) is 3.61. The zero-order valence-corrected chi connectivity index (χ0v) is 11.4. The molecular weight excluding hydrogens is 277 g/mol. The van der Waals surface area contributed by atoms with Crippen molar-refractivity contribution in [2.75, 3.05) is 6.54 Å². The number of rotatable bonds is 1. The fourth-order valence-corrected chi connectivity index (χ4v) is 2.48. The quantitative estimate of drug-likeness (QED) is 0.735. The van der Waals surface area contributed by atoms with Gasteiger partial charge in [-0.2, -0.15) is 4.68 Å². The molecule has 3 rings (SSSR count). The van der Waals surface area contributed by atoms with Gasteiger partial charge >= 0.3 is 11.7 Å². The van der Waals surface area contributed by atoms with Crippen LogP contribution in [0.4, 0.5) is 9.18 Å². The normalized spacial score (nSPS) is 18.2. The summed E-state index contributed by atoms with van der Waals surface area (Å²) in [7, 11) is 0. The van der Waals surface area contributed by atoms with Gasteiger partial charge in [-0.3, -0.25) is 0 Å². The molecule has 0 N–H and O–H groups in total. The Bertz CT molecular complexity index is 738. The summed E-state index contributed by atoms with van der Waals surface area (Å²) in [6.45, 7) is 2.52. The van der Waals surface area contributed by atoms with E-state index in [0.29, 0.717) is 11.2 Å². The van der Waals surface area contributed by atoms with E-state index in [1.807, 2.05) is 6.92 Å². The highest BCUT2D eigenvalue weighted by atomic mass is 19.1. The molecule has 1 aliphatic heterocycles. The van der Waals surface area contributed by atoms with Crippen molar-refractivity contribution in [3.8, 4) is 5.69 Å². The maximum absolute atomic E-state index is 13.2. The Morgan fingerprint density at radius 3 is 2.86 bits per heavy atom. The number of likely N-dealkylation sites (tertiary alicyclic amines) is 1. The maximum Gasteiger partial charge on any atom is 0.377 e. The molecule has 7 nitrogen and oxygen atoms in total. The number of nitrogens with zero attached hydrogens (tertiary/aromatic N) is 5. The molecule has 21 heavy (non-hydrogen) atoms. The molecule has 0 spiro atoms. The maximum atomic E-state index is 13.2. The molecule has 8 heteroatoms. The van der Waals surface area contributed by atoms with Crippen LogP contribution in [0.2, 0.25) is 0 Å². The third-order valence-electron chi connectivity index (χ3n) is 3.61. The zero-order chi connectivity index (χ0) is 15.0. The standard InChI is InChI=1S/C13H14FN5O2/c1-9-4-3-7-17(9)12(20)19-13(21)18(15-16-19)11-6-2-5-10(14)8-11/h2,5-6,8-9H,3-4,7H2,1H3/t9-/m0/s1. The highest BCUT2D eigenvalue weighted by Gasteiger charge is 2.29. The van der Waals surface area contributed by atoms with Gasteiger partial charge in [-0.1, -0.05) is 6.07 Å². The molecule has 110 valence electrons. The number of hydrogen-bond donors (Lipinski definition) is 0. The van der Waals surface area contributed by atoms with Crippen LogP contribution in [-0.2, 0) is 0 Å². The van der Waals surface area contributed by atoms with Gasteiger partial charge in [0.2, 0.25) is 0 Å². The average molecular weight is 291 g/mol. The first-order chi connectivity index (χ1) is 10.1. The third kappa shape index (κ3) is 2.32. The summed E-state index contributed by atoms with van der Waals surface area (Å²) in [4.78, 5) is 26.1. The molecule has 2 aromatic rings. The smallest absolute Gasteiger partial charge is 0.320 e. The van der Waals surface area contributed by atoms with Gasteiger partial charge in [-0.25, -0.2) is 14.0 Å². The molecule has 1 aromatic heterocycles. The van der Waals surface area contributed by atoms with E-state index >= 15 is 0 Å². The molecule has 0 aliphatic carbocycles. The lowest BCUT2D eigenvalue weighted by atomic mass is 10.2. The first-order valence-corrected chi connectivity index (χ1v) is 6.70. The van der Waals surface area contributed by atoms with Gasteiger partial charge in [0.05, 0.1) is 5.69 Å². The van der Waals surface area contributed by atoms with E-state index < -0.39 is 17.5 Å². The topological polar surface area (TPSA) is 73.0 Å². The second kappa shape index (κ2) is 5.12. The van der Waals surface area contributed by atoms with Gasteiger partial charge in [-0.15, -0.1) is 4.68 Å². The fraction of sp³-hybridized carbons (Fsp3) is 0.385. The lowest BCUT2D eigenvalue weighted by Gasteiger charge is -2.19. The molecule has 0 unspecified atom stereocenters. The Morgan fingerprint density at radius 1 is 1.38 bits per heavy atom. The minimum absolute atomic E-state index is 0.0729. The van der Waals surface area contributed by atoms with Crippen LogP contribution in [-0.4, -0.2) is 43.3 Å². The summed E-state index contributed by atoms with van der Waals surface area (Å²) >= 11 is 0. The lowest BCUT2D eigenvalue weighted by molar-refractivity contribution is 0.193. The summed E-state index contributed by atoms with van der Waals surface area (Å²) < 4.78 is 14.8. The lowest BCUT2D eigenvalue weighted by Crippen LogP contribution is -2.42. The average Bonchev–Trinajstić information content (AvgIpc) is 3.04. The Labute approximate surface area is 119 Å². The van der Waals surface area contributed by atoms with Gasteiger partial charge < -0.3 is 4.90 Å². The summed E-state index contributed by atoms with van der Waals surface area (Å²) in [5.41, 5.74) is -0.474. The molecule has 0 bridgehead atoms. The molecule has 2 heterocycles. The van der Waals surface area contributed by atoms with Crippen molar-refractivity contribution >= 4 is 6.03 Å². The number of aromatic nitrogens is 4. The molecule has 1 aromatic carbocycles. The summed E-state index contributed by atoms with van der Waals surface area (Å²) in [6, 6.07) is 4.98. The monoisotopic (exact) mass is 291 g/mol. The number of carbonyl (C=O) groups is 1. The molecule has 1 saturated heterocycles. The molecule has 1 atom stereocenters. The van der Waals surface area contributed by atoms with Crippen LogP contribution in [0.15, 0.2) is 29.1 Å². The van der Waals surface area contributed by atoms with Crippen molar-refractivity contribution in [1.29, 1.82) is 0 Å². The van der Waals surface area contributed by atoms with E-state index in [0.717, 1.165) is 23.6 Å². The Hall–Kier alpha value is -2.51. The van der Waals surface area contributed by atoms with Crippen LogP contribution >= 0.6 is 0 Å². The molecular formula is C13H14FN5O2. The number of halogens is 1. The Kier molecular flexibility index (Phi) is 3.28. The van der Waals surface area contributed by atoms with Crippen molar-refractivity contribution in [2.24, 2.45) is 0 Å². The molecule has 0 saturated carbocycles. The van der Waals surface area contributed by atoms with Crippen LogP contribution < -0.4 is 5.69 Å². The van der Waals surface area contributed by atoms with Gasteiger partial charge in [0.1, 0.15) is 5.82 Å². The first-order valence-electron chi connectivity index (χ1n) is 6.70. The van der Waals surface area contributed by atoms with E-state index in [-0.39, 0.29) is 11.7 Å². The van der Waals surface area contributed by atoms with E-state index in [1.165, 1.54) is 18.2 Å². The van der Waals surface area contributed by atoms with Crippen molar-refractivity contribution in [1.82, 2.24) is 24.7 Å². The van der Waals surface area contributed by atoms with Crippen molar-refractivity contribution in [2.45, 2.75) is 25.8 Å². The minimum atomic E-state index is -0.704. The molecule has 1 amide bonds. The van der Waals surface area contributed by atoms with Gasteiger partial charge in [0, 0.05) is 12.6 Å². The highest BCUT2D eigenvalue weighted by Crippen LogP contribution is 2.16. The van der Waals surface area contributed by atoms with E-state index in [9.17, 15) is 14.0 Å². The number of amides is 1. The summed E-state index contributed by atoms with van der Waals surface area (Å²) in [5, 5.41) is 7.25. The number of carbonyl (C=O) groups excluding carboxylic acids is 1. The summed E-state index contributed by atoms with van der Waals surface area (Å²) in [6.07, 6.45) is 1.80. The molecule has 1 aliphatic rings. The summed E-state index contributed by atoms with van der Waals surface area (Å²) in [5.74, 6) is -0.492. The van der Waals surface area contributed by atoms with Crippen LogP contribution in [0.5, 0.6) is 0 Å². The number of benzene rings is 1. The molecule has 1 fully saturated rings. The van der Waals surface area contributed by atoms with Crippen LogP contribution in [0.25, 0.3) is 5.69 Å². The Morgan fingerprint density at radius 2 is 2.19 bits per heavy atom. The fourth-order valence-electron chi connectivity index (χ4n) is 2.48. The van der Waals surface area contributed by atoms with Crippen molar-refractivity contribution < 1.29 is 9.18 Å². The van der Waals surface area contributed by atoms with E-state index in [2.05, 4.69) is 10.4 Å². The number of tetrazole rings is 1. The van der Waals surface area contributed by atoms with Gasteiger partial charge in [-0.05, 0) is 48.4 Å². The largest absolute Gasteiger partial charge is 0.377 e. The second-order valence-electron chi connectivity index (χ2n) is 5.03. The zero-order valence-electron chi connectivity index (χ0n) is 11.4. The SMILES string of the molecule is C[C@H]1CCCN1C(=O)n1nnn(-c2cccc(F)c2)c1=O. The van der Waals surface area contributed by atoms with Crippen molar-refractivity contribution in [3.63, 3.8) is 0 Å². The van der Waals surface area contributed by atoms with Gasteiger partial charge in [0.25, 0.3) is 0 Å². The minimum Gasteiger partial charge on any atom is -0.320 e. The number of hydrogen-bond acceptors (Lipinski definition) is 4. The van der Waals surface area contributed by atoms with Crippen molar-refractivity contribution in [3.05, 3.63) is 40.6 Å². The first kappa shape index (κ1) is 13.5. The van der Waals surface area contributed by atoms with Gasteiger partial charge in [0.15, 0.2) is 0 Å². The van der Waals surface area contributed by atoms with E-state index in [4.69, 9.17) is 0 Å². The van der Waals surface area contributed by atoms with Crippen LogP contribution in [0, 0.1) is 5.82 Å².